The SMILES string of the molecule is CCOc1c(Cl)cc(Cl)cc1-c1cnc([C@@H](C)NC(=O)C2(NC(=O)c3ccsc3)CC2)c(F)c1. The Bertz CT molecular complexity index is 1230. The number of carbonyl (C=O) groups is 2. The van der Waals surface area contributed by atoms with Gasteiger partial charge >= 0.3 is 0 Å². The predicted molar refractivity (Wildman–Crippen MR) is 131 cm³/mol. The van der Waals surface area contributed by atoms with Crippen molar-refractivity contribution in [2.24, 2.45) is 0 Å². The van der Waals surface area contributed by atoms with E-state index in [2.05, 4.69) is 15.6 Å². The summed E-state index contributed by atoms with van der Waals surface area (Å²) in [6.07, 6.45) is 2.52. The van der Waals surface area contributed by atoms with Gasteiger partial charge in [-0.2, -0.15) is 11.3 Å². The van der Waals surface area contributed by atoms with E-state index in [0.717, 1.165) is 0 Å². The van der Waals surface area contributed by atoms with Crippen molar-refractivity contribution in [3.8, 4) is 16.9 Å². The van der Waals surface area contributed by atoms with Gasteiger partial charge in [0.1, 0.15) is 17.1 Å². The van der Waals surface area contributed by atoms with E-state index in [1.165, 1.54) is 23.6 Å². The highest BCUT2D eigenvalue weighted by Crippen LogP contribution is 2.40. The molecule has 0 radical (unpaired) electrons. The largest absolute Gasteiger partial charge is 0.492 e. The second-order valence-corrected chi connectivity index (χ2v) is 9.66. The highest BCUT2D eigenvalue weighted by Gasteiger charge is 2.51. The standard InChI is InChI=1S/C24H22Cl2FN3O3S/c1-3-33-21-17(9-16(25)10-18(21)26)15-8-19(27)20(28-11-15)13(2)29-23(32)24(5-6-24)30-22(31)14-4-7-34-12-14/h4,7-13H,3,5-6H2,1-2H3,(H,29,32)(H,30,31)/t13-/m1/s1. The number of thiophene rings is 1. The first-order chi connectivity index (χ1) is 16.2. The van der Waals surface area contributed by atoms with Crippen molar-refractivity contribution >= 4 is 46.4 Å². The summed E-state index contributed by atoms with van der Waals surface area (Å²) in [5.74, 6) is -0.883. The number of amides is 2. The Balaban J connectivity index is 1.50. The zero-order chi connectivity index (χ0) is 24.5. The number of aromatic nitrogens is 1. The van der Waals surface area contributed by atoms with E-state index in [1.807, 2.05) is 6.92 Å². The Morgan fingerprint density at radius 2 is 2.06 bits per heavy atom. The highest BCUT2D eigenvalue weighted by atomic mass is 35.5. The van der Waals surface area contributed by atoms with Crippen LogP contribution >= 0.6 is 34.5 Å². The molecule has 1 saturated carbocycles. The Labute approximate surface area is 210 Å². The smallest absolute Gasteiger partial charge is 0.252 e. The van der Waals surface area contributed by atoms with Gasteiger partial charge in [-0.05, 0) is 56.3 Å². The Morgan fingerprint density at radius 1 is 1.29 bits per heavy atom. The van der Waals surface area contributed by atoms with E-state index in [-0.39, 0.29) is 17.5 Å². The van der Waals surface area contributed by atoms with Crippen molar-refractivity contribution in [3.63, 3.8) is 0 Å². The summed E-state index contributed by atoms with van der Waals surface area (Å²) in [7, 11) is 0. The Hall–Kier alpha value is -2.68. The van der Waals surface area contributed by atoms with Crippen LogP contribution in [0.3, 0.4) is 0 Å². The second-order valence-electron chi connectivity index (χ2n) is 8.03. The average Bonchev–Trinajstić information content (AvgIpc) is 3.36. The van der Waals surface area contributed by atoms with Crippen LogP contribution in [0.4, 0.5) is 4.39 Å². The lowest BCUT2D eigenvalue weighted by molar-refractivity contribution is -0.124. The lowest BCUT2D eigenvalue weighted by atomic mass is 10.0. The van der Waals surface area contributed by atoms with Crippen LogP contribution in [0.5, 0.6) is 5.75 Å². The van der Waals surface area contributed by atoms with Crippen molar-refractivity contribution in [1.29, 1.82) is 0 Å². The van der Waals surface area contributed by atoms with Crippen molar-refractivity contribution in [2.75, 3.05) is 6.61 Å². The molecule has 1 aliphatic carbocycles. The molecule has 1 aromatic carbocycles. The predicted octanol–water partition coefficient (Wildman–Crippen LogP) is 5.79. The number of carbonyl (C=O) groups excluding carboxylic acids is 2. The molecule has 1 fully saturated rings. The summed E-state index contributed by atoms with van der Waals surface area (Å²) in [6.45, 7) is 3.83. The molecule has 0 unspecified atom stereocenters. The molecule has 2 heterocycles. The topological polar surface area (TPSA) is 80.3 Å². The maximum Gasteiger partial charge on any atom is 0.252 e. The van der Waals surface area contributed by atoms with Crippen LogP contribution in [0.15, 0.2) is 41.2 Å². The third-order valence-electron chi connectivity index (χ3n) is 5.56. The summed E-state index contributed by atoms with van der Waals surface area (Å²) in [6, 6.07) is 5.47. The fourth-order valence-electron chi connectivity index (χ4n) is 3.60. The molecular weight excluding hydrogens is 500 g/mol. The van der Waals surface area contributed by atoms with Gasteiger partial charge in [-0.25, -0.2) is 4.39 Å². The van der Waals surface area contributed by atoms with Gasteiger partial charge in [-0.15, -0.1) is 0 Å². The minimum absolute atomic E-state index is 0.0724. The van der Waals surface area contributed by atoms with Crippen LogP contribution in [0.2, 0.25) is 10.0 Å². The van der Waals surface area contributed by atoms with Crippen LogP contribution < -0.4 is 15.4 Å². The number of ether oxygens (including phenoxy) is 1. The third kappa shape index (κ3) is 5.04. The number of pyridine rings is 1. The van der Waals surface area contributed by atoms with E-state index < -0.39 is 17.4 Å². The summed E-state index contributed by atoms with van der Waals surface area (Å²) in [4.78, 5) is 29.5. The van der Waals surface area contributed by atoms with Gasteiger partial charge in [0.15, 0.2) is 0 Å². The van der Waals surface area contributed by atoms with Crippen LogP contribution in [0.1, 0.15) is 48.8 Å². The molecule has 4 rings (SSSR count). The van der Waals surface area contributed by atoms with Crippen LogP contribution in [-0.4, -0.2) is 28.9 Å². The number of nitrogens with zero attached hydrogens (tertiary/aromatic N) is 1. The summed E-state index contributed by atoms with van der Waals surface area (Å²) in [5.41, 5.74) is 0.556. The fourth-order valence-corrected chi connectivity index (χ4v) is 4.78. The van der Waals surface area contributed by atoms with Crippen LogP contribution in [0, 0.1) is 5.82 Å². The molecule has 1 aliphatic rings. The van der Waals surface area contributed by atoms with Gasteiger partial charge in [0, 0.05) is 27.7 Å². The maximum absolute atomic E-state index is 15.1. The maximum atomic E-state index is 15.1. The minimum Gasteiger partial charge on any atom is -0.492 e. The first-order valence-corrected chi connectivity index (χ1v) is 12.4. The molecule has 34 heavy (non-hydrogen) atoms. The van der Waals surface area contributed by atoms with E-state index in [9.17, 15) is 9.59 Å². The van der Waals surface area contributed by atoms with Crippen LogP contribution in [-0.2, 0) is 4.79 Å². The van der Waals surface area contributed by atoms with E-state index >= 15 is 4.39 Å². The molecule has 0 aliphatic heterocycles. The van der Waals surface area contributed by atoms with Gasteiger partial charge in [0.2, 0.25) is 5.91 Å². The van der Waals surface area contributed by atoms with Crippen molar-refractivity contribution in [1.82, 2.24) is 15.6 Å². The fraction of sp³-hybridized carbons (Fsp3) is 0.292. The lowest BCUT2D eigenvalue weighted by Crippen LogP contribution is -2.49. The van der Waals surface area contributed by atoms with Crippen LogP contribution in [0.25, 0.3) is 11.1 Å². The number of hydrogen-bond donors (Lipinski definition) is 2. The molecule has 6 nitrogen and oxygen atoms in total. The first kappa shape index (κ1) is 24.4. The molecule has 10 heteroatoms. The number of rotatable bonds is 8. The molecular formula is C24H22Cl2FN3O3S. The number of hydrogen-bond acceptors (Lipinski definition) is 5. The molecule has 1 atom stereocenters. The molecule has 2 N–H and O–H groups in total. The normalized spacial score (nSPS) is 14.9. The minimum atomic E-state index is -0.979. The van der Waals surface area contributed by atoms with E-state index in [1.54, 1.807) is 35.9 Å². The Kier molecular flexibility index (Phi) is 7.12. The first-order valence-electron chi connectivity index (χ1n) is 10.7. The zero-order valence-corrected chi connectivity index (χ0v) is 20.8. The van der Waals surface area contributed by atoms with Gasteiger partial charge in [-0.1, -0.05) is 23.2 Å². The summed E-state index contributed by atoms with van der Waals surface area (Å²) in [5, 5.41) is 9.79. The number of halogens is 3. The molecule has 178 valence electrons. The molecule has 2 aromatic heterocycles. The molecule has 0 spiro atoms. The quantitative estimate of drug-likeness (QED) is 0.392. The van der Waals surface area contributed by atoms with Gasteiger partial charge in [0.25, 0.3) is 5.91 Å². The zero-order valence-electron chi connectivity index (χ0n) is 18.5. The molecule has 0 bridgehead atoms. The van der Waals surface area contributed by atoms with Crippen molar-refractivity contribution in [2.45, 2.75) is 38.3 Å². The average molecular weight is 522 g/mol. The molecule has 0 saturated heterocycles. The third-order valence-corrected chi connectivity index (χ3v) is 6.74. The van der Waals surface area contributed by atoms with Crippen molar-refractivity contribution in [3.05, 3.63) is 68.3 Å². The van der Waals surface area contributed by atoms with E-state index in [0.29, 0.717) is 51.9 Å². The summed E-state index contributed by atoms with van der Waals surface area (Å²) >= 11 is 13.8. The van der Waals surface area contributed by atoms with Gasteiger partial charge < -0.3 is 15.4 Å². The number of nitrogens with one attached hydrogen (secondary N) is 2. The monoisotopic (exact) mass is 521 g/mol. The van der Waals surface area contributed by atoms with E-state index in [4.69, 9.17) is 27.9 Å². The Morgan fingerprint density at radius 3 is 2.68 bits per heavy atom. The van der Waals surface area contributed by atoms with Crippen molar-refractivity contribution < 1.29 is 18.7 Å². The second kappa shape index (κ2) is 9.90. The number of benzene rings is 1. The molecule has 2 amide bonds. The lowest BCUT2D eigenvalue weighted by Gasteiger charge is -2.21. The summed E-state index contributed by atoms with van der Waals surface area (Å²) < 4.78 is 20.7. The highest BCUT2D eigenvalue weighted by molar-refractivity contribution is 7.08. The van der Waals surface area contributed by atoms with Gasteiger partial charge in [0.05, 0.1) is 28.9 Å². The molecule has 3 aromatic rings. The van der Waals surface area contributed by atoms with Gasteiger partial charge in [-0.3, -0.25) is 14.6 Å².